The topological polar surface area (TPSA) is 55.4 Å². The fourth-order valence-electron chi connectivity index (χ4n) is 2.10. The van der Waals surface area contributed by atoms with Gasteiger partial charge in [-0.15, -0.1) is 11.3 Å². The van der Waals surface area contributed by atoms with E-state index in [2.05, 4.69) is 21.2 Å². The van der Waals surface area contributed by atoms with Crippen LogP contribution in [-0.4, -0.2) is 18.5 Å². The van der Waals surface area contributed by atoms with Crippen LogP contribution < -0.4 is 5.32 Å². The third-order valence-corrected chi connectivity index (χ3v) is 5.41. The molecular weight excluding hydrogens is 433 g/mol. The molecule has 0 fully saturated rings. The van der Waals surface area contributed by atoms with E-state index in [1.54, 1.807) is 24.3 Å². The lowest BCUT2D eigenvalue weighted by Gasteiger charge is -2.06. The predicted molar refractivity (Wildman–Crippen MR) is 99.8 cm³/mol. The maximum atomic E-state index is 13.3. The van der Waals surface area contributed by atoms with Crippen molar-refractivity contribution in [2.24, 2.45) is 0 Å². The van der Waals surface area contributed by atoms with Gasteiger partial charge in [0.25, 0.3) is 5.91 Å². The minimum Gasteiger partial charge on any atom is -0.451 e. The maximum Gasteiger partial charge on any atom is 0.350 e. The smallest absolute Gasteiger partial charge is 0.350 e. The Morgan fingerprint density at radius 2 is 1.92 bits per heavy atom. The zero-order chi connectivity index (χ0) is 18.0. The molecule has 0 aliphatic rings. The summed E-state index contributed by atoms with van der Waals surface area (Å²) in [6.45, 7) is -0.451. The third-order valence-electron chi connectivity index (χ3n) is 3.24. The van der Waals surface area contributed by atoms with Crippen LogP contribution in [0.5, 0.6) is 0 Å². The molecule has 0 aliphatic heterocycles. The molecule has 0 unspecified atom stereocenters. The number of carbonyl (C=O) groups is 2. The van der Waals surface area contributed by atoms with E-state index in [1.807, 2.05) is 0 Å². The Bertz CT molecular complexity index is 958. The molecule has 0 spiro atoms. The van der Waals surface area contributed by atoms with Crippen molar-refractivity contribution in [1.82, 2.24) is 0 Å². The lowest BCUT2D eigenvalue weighted by Crippen LogP contribution is -2.20. The molecule has 1 aromatic heterocycles. The Morgan fingerprint density at radius 3 is 2.64 bits per heavy atom. The molecule has 0 bridgehead atoms. The largest absolute Gasteiger partial charge is 0.451 e. The van der Waals surface area contributed by atoms with Gasteiger partial charge in [0.05, 0.1) is 5.02 Å². The van der Waals surface area contributed by atoms with Gasteiger partial charge in [-0.1, -0.05) is 27.5 Å². The van der Waals surface area contributed by atoms with Crippen molar-refractivity contribution >= 4 is 66.5 Å². The van der Waals surface area contributed by atoms with Crippen LogP contribution in [0.1, 0.15) is 9.67 Å². The summed E-state index contributed by atoms with van der Waals surface area (Å²) in [5, 5.41) is 3.37. The van der Waals surface area contributed by atoms with Crippen molar-refractivity contribution < 1.29 is 18.7 Å². The van der Waals surface area contributed by atoms with Gasteiger partial charge in [0.2, 0.25) is 0 Å². The number of ether oxygens (including phenoxy) is 1. The van der Waals surface area contributed by atoms with Gasteiger partial charge in [-0.05, 0) is 42.5 Å². The normalized spacial score (nSPS) is 10.7. The SMILES string of the molecule is O=C(COC(=O)c1sc2cc(F)ccc2c1Cl)Nc1ccc(Br)cc1. The van der Waals surface area contributed by atoms with E-state index in [4.69, 9.17) is 16.3 Å². The second-order valence-corrected chi connectivity index (χ2v) is 7.36. The number of rotatable bonds is 4. The number of thiophene rings is 1. The number of benzene rings is 2. The van der Waals surface area contributed by atoms with Gasteiger partial charge >= 0.3 is 5.97 Å². The molecular formula is C17H10BrClFNO3S. The van der Waals surface area contributed by atoms with Gasteiger partial charge in [-0.3, -0.25) is 4.79 Å². The van der Waals surface area contributed by atoms with Gasteiger partial charge < -0.3 is 10.1 Å². The van der Waals surface area contributed by atoms with Crippen molar-refractivity contribution in [1.29, 1.82) is 0 Å². The molecule has 0 aliphatic carbocycles. The van der Waals surface area contributed by atoms with Crippen LogP contribution in [0.4, 0.5) is 10.1 Å². The summed E-state index contributed by atoms with van der Waals surface area (Å²) in [5.41, 5.74) is 0.583. The third kappa shape index (κ3) is 4.18. The lowest BCUT2D eigenvalue weighted by molar-refractivity contribution is -0.119. The molecule has 1 N–H and O–H groups in total. The molecule has 2 aromatic carbocycles. The Labute approximate surface area is 159 Å². The van der Waals surface area contributed by atoms with E-state index in [0.717, 1.165) is 15.8 Å². The van der Waals surface area contributed by atoms with E-state index < -0.39 is 24.3 Å². The van der Waals surface area contributed by atoms with Crippen LogP contribution in [-0.2, 0) is 9.53 Å². The Kier molecular flexibility index (Phi) is 5.36. The second-order valence-electron chi connectivity index (χ2n) is 5.02. The molecule has 3 aromatic rings. The zero-order valence-electron chi connectivity index (χ0n) is 12.5. The van der Waals surface area contributed by atoms with Gasteiger partial charge in [0, 0.05) is 20.2 Å². The van der Waals surface area contributed by atoms with Gasteiger partial charge in [0.15, 0.2) is 6.61 Å². The predicted octanol–water partition coefficient (Wildman–Crippen LogP) is 5.25. The summed E-state index contributed by atoms with van der Waals surface area (Å²) in [7, 11) is 0. The molecule has 4 nitrogen and oxygen atoms in total. The summed E-state index contributed by atoms with van der Waals surface area (Å²) in [4.78, 5) is 24.1. The Hall–Kier alpha value is -1.96. The number of carbonyl (C=O) groups excluding carboxylic acids is 2. The average molecular weight is 443 g/mol. The lowest BCUT2D eigenvalue weighted by atomic mass is 10.2. The van der Waals surface area contributed by atoms with Crippen LogP contribution in [0, 0.1) is 5.82 Å². The first-order valence-corrected chi connectivity index (χ1v) is 9.03. The van der Waals surface area contributed by atoms with Gasteiger partial charge in [-0.2, -0.15) is 0 Å². The average Bonchev–Trinajstić information content (AvgIpc) is 2.91. The summed E-state index contributed by atoms with van der Waals surface area (Å²) < 4.78 is 19.7. The number of hydrogen-bond donors (Lipinski definition) is 1. The van der Waals surface area contributed by atoms with Crippen molar-refractivity contribution in [3.05, 3.63) is 62.7 Å². The first kappa shape index (κ1) is 17.8. The summed E-state index contributed by atoms with van der Waals surface area (Å²) >= 11 is 10.5. The highest BCUT2D eigenvalue weighted by molar-refractivity contribution is 9.10. The van der Waals surface area contributed by atoms with E-state index in [1.165, 1.54) is 18.2 Å². The maximum absolute atomic E-state index is 13.3. The van der Waals surface area contributed by atoms with Crippen LogP contribution in [0.25, 0.3) is 10.1 Å². The number of nitrogens with one attached hydrogen (secondary N) is 1. The highest BCUT2D eigenvalue weighted by Gasteiger charge is 2.19. The minimum absolute atomic E-state index is 0.138. The van der Waals surface area contributed by atoms with Crippen molar-refractivity contribution in [2.45, 2.75) is 0 Å². The summed E-state index contributed by atoms with van der Waals surface area (Å²) in [5.74, 6) is -1.62. The van der Waals surface area contributed by atoms with E-state index >= 15 is 0 Å². The number of anilines is 1. The fourth-order valence-corrected chi connectivity index (χ4v) is 3.79. The van der Waals surface area contributed by atoms with E-state index in [0.29, 0.717) is 15.8 Å². The number of halogens is 3. The molecule has 128 valence electrons. The summed E-state index contributed by atoms with van der Waals surface area (Å²) in [6.07, 6.45) is 0. The quantitative estimate of drug-likeness (QED) is 0.561. The molecule has 25 heavy (non-hydrogen) atoms. The van der Waals surface area contributed by atoms with Crippen LogP contribution >= 0.6 is 38.9 Å². The van der Waals surface area contributed by atoms with Gasteiger partial charge in [-0.25, -0.2) is 9.18 Å². The Morgan fingerprint density at radius 1 is 1.20 bits per heavy atom. The number of esters is 1. The highest BCUT2D eigenvalue weighted by atomic mass is 79.9. The number of fused-ring (bicyclic) bond motifs is 1. The van der Waals surface area contributed by atoms with Crippen molar-refractivity contribution in [3.8, 4) is 0 Å². The van der Waals surface area contributed by atoms with Crippen molar-refractivity contribution in [2.75, 3.05) is 11.9 Å². The highest BCUT2D eigenvalue weighted by Crippen LogP contribution is 2.36. The minimum atomic E-state index is -0.724. The molecule has 0 saturated carbocycles. The molecule has 8 heteroatoms. The molecule has 1 heterocycles. The number of amides is 1. The first-order chi connectivity index (χ1) is 11.9. The number of hydrogen-bond acceptors (Lipinski definition) is 4. The molecule has 0 radical (unpaired) electrons. The van der Waals surface area contributed by atoms with Crippen LogP contribution in [0.2, 0.25) is 5.02 Å². The van der Waals surface area contributed by atoms with E-state index in [-0.39, 0.29) is 9.90 Å². The van der Waals surface area contributed by atoms with Crippen molar-refractivity contribution in [3.63, 3.8) is 0 Å². The zero-order valence-corrected chi connectivity index (χ0v) is 15.7. The standard InChI is InChI=1S/C17H10BrClFNO3S/c18-9-1-4-11(5-2-9)21-14(22)8-24-17(23)16-15(19)12-6-3-10(20)7-13(12)25-16/h1-7H,8H2,(H,21,22). The summed E-state index contributed by atoms with van der Waals surface area (Å²) in [6, 6.07) is 11.0. The fraction of sp³-hybridized carbons (Fsp3) is 0.0588. The van der Waals surface area contributed by atoms with Crippen LogP contribution in [0.3, 0.4) is 0 Å². The first-order valence-electron chi connectivity index (χ1n) is 7.04. The monoisotopic (exact) mass is 441 g/mol. The van der Waals surface area contributed by atoms with Gasteiger partial charge in [0.1, 0.15) is 10.7 Å². The molecule has 1 amide bonds. The second kappa shape index (κ2) is 7.51. The van der Waals surface area contributed by atoms with E-state index in [9.17, 15) is 14.0 Å². The van der Waals surface area contributed by atoms with Crippen LogP contribution in [0.15, 0.2) is 46.9 Å². The molecule has 3 rings (SSSR count). The molecule has 0 saturated heterocycles. The Balaban J connectivity index is 1.65. The molecule has 0 atom stereocenters.